The maximum atomic E-state index is 12.3. The first-order valence-corrected chi connectivity index (χ1v) is 8.33. The van der Waals surface area contributed by atoms with Crippen LogP contribution in [0.2, 0.25) is 0 Å². The van der Waals surface area contributed by atoms with E-state index in [-0.39, 0.29) is 12.2 Å². The zero-order valence-electron chi connectivity index (χ0n) is 14.3. The average Bonchev–Trinajstić information content (AvgIpc) is 3.08. The fourth-order valence-electron chi connectivity index (χ4n) is 2.92. The van der Waals surface area contributed by atoms with Crippen molar-refractivity contribution in [3.8, 4) is 11.1 Å². The van der Waals surface area contributed by atoms with E-state index in [1.165, 1.54) is 0 Å². The number of aryl methyl sites for hydroxylation is 1. The third kappa shape index (κ3) is 3.49. The summed E-state index contributed by atoms with van der Waals surface area (Å²) >= 11 is 0. The quantitative estimate of drug-likeness (QED) is 0.557. The molecule has 0 saturated carbocycles. The molecule has 6 heteroatoms. The molecule has 1 aromatic carbocycles. The molecule has 4 rings (SSSR count). The molecule has 0 spiro atoms. The third-order valence-electron chi connectivity index (χ3n) is 4.20. The van der Waals surface area contributed by atoms with Crippen molar-refractivity contribution >= 4 is 16.7 Å². The SMILES string of the molecule is Cn1cc(-c2ccc3nnc(CC(=O)Cc4ccncc4)cc3c2)cn1. The van der Waals surface area contributed by atoms with Gasteiger partial charge in [-0.05, 0) is 41.5 Å². The molecule has 0 aliphatic rings. The molecule has 0 radical (unpaired) electrons. The molecular weight excluding hydrogens is 326 g/mol. The molecule has 0 N–H and O–H groups in total. The number of carbonyl (C=O) groups excluding carboxylic acids is 1. The van der Waals surface area contributed by atoms with Gasteiger partial charge in [0.05, 0.1) is 23.8 Å². The Morgan fingerprint density at radius 2 is 1.85 bits per heavy atom. The summed E-state index contributed by atoms with van der Waals surface area (Å²) in [7, 11) is 1.89. The number of hydrogen-bond acceptors (Lipinski definition) is 5. The fourth-order valence-corrected chi connectivity index (χ4v) is 2.92. The normalized spacial score (nSPS) is 11.0. The van der Waals surface area contributed by atoms with Crippen LogP contribution in [0.1, 0.15) is 11.3 Å². The lowest BCUT2D eigenvalue weighted by molar-refractivity contribution is -0.117. The van der Waals surface area contributed by atoms with Crippen LogP contribution in [-0.2, 0) is 24.7 Å². The van der Waals surface area contributed by atoms with Crippen molar-refractivity contribution in [1.29, 1.82) is 0 Å². The highest BCUT2D eigenvalue weighted by molar-refractivity contribution is 5.86. The monoisotopic (exact) mass is 343 g/mol. The second-order valence-electron chi connectivity index (χ2n) is 6.26. The molecular formula is C20H17N5O. The Bertz CT molecular complexity index is 1070. The molecule has 0 saturated heterocycles. The van der Waals surface area contributed by atoms with Gasteiger partial charge >= 0.3 is 0 Å². The van der Waals surface area contributed by atoms with E-state index in [0.717, 1.165) is 27.6 Å². The number of carbonyl (C=O) groups is 1. The van der Waals surface area contributed by atoms with Gasteiger partial charge in [-0.1, -0.05) is 6.07 Å². The lowest BCUT2D eigenvalue weighted by Gasteiger charge is -2.04. The van der Waals surface area contributed by atoms with Crippen molar-refractivity contribution in [2.75, 3.05) is 0 Å². The minimum Gasteiger partial charge on any atom is -0.299 e. The predicted molar refractivity (Wildman–Crippen MR) is 98.4 cm³/mol. The summed E-state index contributed by atoms with van der Waals surface area (Å²) in [5.41, 5.74) is 4.55. The highest BCUT2D eigenvalue weighted by Crippen LogP contribution is 2.23. The van der Waals surface area contributed by atoms with E-state index >= 15 is 0 Å². The summed E-state index contributed by atoms with van der Waals surface area (Å²) in [6.45, 7) is 0. The summed E-state index contributed by atoms with van der Waals surface area (Å²) in [4.78, 5) is 16.3. The Labute approximate surface area is 150 Å². The average molecular weight is 343 g/mol. The molecule has 0 aliphatic heterocycles. The Morgan fingerprint density at radius 3 is 2.62 bits per heavy atom. The van der Waals surface area contributed by atoms with Crippen molar-refractivity contribution in [3.05, 3.63) is 72.4 Å². The molecule has 0 bridgehead atoms. The molecule has 0 amide bonds. The van der Waals surface area contributed by atoms with Gasteiger partial charge in [0.1, 0.15) is 5.78 Å². The number of Topliss-reactive ketones (excluding diaryl/α,β-unsaturated/α-hetero) is 1. The van der Waals surface area contributed by atoms with Crippen molar-refractivity contribution < 1.29 is 4.79 Å². The zero-order chi connectivity index (χ0) is 17.9. The van der Waals surface area contributed by atoms with E-state index in [2.05, 4.69) is 26.3 Å². The van der Waals surface area contributed by atoms with Gasteiger partial charge < -0.3 is 0 Å². The van der Waals surface area contributed by atoms with Gasteiger partial charge in [0.2, 0.25) is 0 Å². The summed E-state index contributed by atoms with van der Waals surface area (Å²) in [5, 5.41) is 13.6. The Kier molecular flexibility index (Phi) is 4.23. The number of ketones is 1. The molecule has 26 heavy (non-hydrogen) atoms. The van der Waals surface area contributed by atoms with E-state index in [0.29, 0.717) is 12.1 Å². The van der Waals surface area contributed by atoms with Crippen LogP contribution in [0.5, 0.6) is 0 Å². The molecule has 0 atom stereocenters. The van der Waals surface area contributed by atoms with Crippen LogP contribution < -0.4 is 0 Å². The maximum absolute atomic E-state index is 12.3. The topological polar surface area (TPSA) is 73.6 Å². The highest BCUT2D eigenvalue weighted by Gasteiger charge is 2.09. The van der Waals surface area contributed by atoms with Crippen LogP contribution in [-0.4, -0.2) is 30.7 Å². The first kappa shape index (κ1) is 16.1. The Morgan fingerprint density at radius 1 is 1.00 bits per heavy atom. The van der Waals surface area contributed by atoms with E-state index < -0.39 is 0 Å². The fraction of sp³-hybridized carbons (Fsp3) is 0.150. The van der Waals surface area contributed by atoms with Crippen molar-refractivity contribution in [2.45, 2.75) is 12.8 Å². The minimum absolute atomic E-state index is 0.105. The number of benzene rings is 1. The van der Waals surface area contributed by atoms with Gasteiger partial charge in [0.25, 0.3) is 0 Å². The predicted octanol–water partition coefficient (Wildman–Crippen LogP) is 2.78. The number of rotatable bonds is 5. The van der Waals surface area contributed by atoms with Gasteiger partial charge in [-0.3, -0.25) is 14.5 Å². The number of nitrogens with zero attached hydrogens (tertiary/aromatic N) is 5. The highest BCUT2D eigenvalue weighted by atomic mass is 16.1. The molecule has 0 aliphatic carbocycles. The van der Waals surface area contributed by atoms with Gasteiger partial charge in [-0.15, -0.1) is 0 Å². The first-order chi connectivity index (χ1) is 12.7. The van der Waals surface area contributed by atoms with Crippen LogP contribution in [0.15, 0.2) is 61.2 Å². The summed E-state index contributed by atoms with van der Waals surface area (Å²) in [6, 6.07) is 11.6. The van der Waals surface area contributed by atoms with Gasteiger partial charge in [-0.2, -0.15) is 15.3 Å². The number of pyridine rings is 1. The first-order valence-electron chi connectivity index (χ1n) is 8.33. The smallest absolute Gasteiger partial charge is 0.143 e. The van der Waals surface area contributed by atoms with E-state index in [9.17, 15) is 4.79 Å². The molecule has 0 unspecified atom stereocenters. The molecule has 4 aromatic rings. The van der Waals surface area contributed by atoms with E-state index in [1.54, 1.807) is 17.1 Å². The number of fused-ring (bicyclic) bond motifs is 1. The van der Waals surface area contributed by atoms with E-state index in [4.69, 9.17) is 0 Å². The Hall–Kier alpha value is -3.41. The maximum Gasteiger partial charge on any atom is 0.143 e. The zero-order valence-corrected chi connectivity index (χ0v) is 14.3. The van der Waals surface area contributed by atoms with E-state index in [1.807, 2.05) is 49.8 Å². The van der Waals surface area contributed by atoms with Gasteiger partial charge in [0.15, 0.2) is 0 Å². The number of hydrogen-bond donors (Lipinski definition) is 0. The van der Waals surface area contributed by atoms with Crippen molar-refractivity contribution in [3.63, 3.8) is 0 Å². The molecule has 3 aromatic heterocycles. The summed E-state index contributed by atoms with van der Waals surface area (Å²) in [5.74, 6) is 0.105. The second kappa shape index (κ2) is 6.84. The van der Waals surface area contributed by atoms with Crippen LogP contribution in [0.4, 0.5) is 0 Å². The molecule has 3 heterocycles. The molecule has 128 valence electrons. The molecule has 0 fully saturated rings. The van der Waals surface area contributed by atoms with Crippen LogP contribution in [0, 0.1) is 0 Å². The van der Waals surface area contributed by atoms with Gasteiger partial charge in [-0.25, -0.2) is 0 Å². The summed E-state index contributed by atoms with van der Waals surface area (Å²) < 4.78 is 1.77. The minimum atomic E-state index is 0.105. The summed E-state index contributed by atoms with van der Waals surface area (Å²) in [6.07, 6.45) is 7.82. The van der Waals surface area contributed by atoms with Gasteiger partial charge in [0, 0.05) is 43.0 Å². The Balaban J connectivity index is 1.57. The van der Waals surface area contributed by atoms with Crippen LogP contribution in [0.3, 0.4) is 0 Å². The third-order valence-corrected chi connectivity index (χ3v) is 4.20. The lowest BCUT2D eigenvalue weighted by atomic mass is 10.0. The second-order valence-corrected chi connectivity index (χ2v) is 6.26. The number of aromatic nitrogens is 5. The lowest BCUT2D eigenvalue weighted by Crippen LogP contribution is -2.08. The largest absolute Gasteiger partial charge is 0.299 e. The van der Waals surface area contributed by atoms with Crippen molar-refractivity contribution in [2.24, 2.45) is 7.05 Å². The van der Waals surface area contributed by atoms with Crippen LogP contribution in [0.25, 0.3) is 22.0 Å². The van der Waals surface area contributed by atoms with Crippen molar-refractivity contribution in [1.82, 2.24) is 25.0 Å². The standard InChI is InChI=1S/C20H17N5O/c1-25-13-17(12-22-25)15-2-3-20-16(9-15)10-18(23-24-20)11-19(26)8-14-4-6-21-7-5-14/h2-7,9-10,12-13H,8,11H2,1H3. The molecule has 6 nitrogen and oxygen atoms in total. The van der Waals surface area contributed by atoms with Crippen LogP contribution >= 0.6 is 0 Å².